The van der Waals surface area contributed by atoms with E-state index in [1.54, 1.807) is 4.90 Å². The van der Waals surface area contributed by atoms with Gasteiger partial charge in [0.15, 0.2) is 6.23 Å². The summed E-state index contributed by atoms with van der Waals surface area (Å²) in [6.45, 7) is 6.33. The molecule has 0 aromatic heterocycles. The molecule has 12 heteroatoms. The van der Waals surface area contributed by atoms with Crippen LogP contribution in [0.2, 0.25) is 0 Å². The summed E-state index contributed by atoms with van der Waals surface area (Å²) in [5.74, 6) is 0.579. The monoisotopic (exact) mass is 581 g/mol. The first kappa shape index (κ1) is 31.7. The van der Waals surface area contributed by atoms with E-state index in [0.717, 1.165) is 43.4 Å². The molecule has 0 N–H and O–H groups in total. The van der Waals surface area contributed by atoms with Gasteiger partial charge in [0.25, 0.3) is 0 Å². The van der Waals surface area contributed by atoms with Gasteiger partial charge < -0.3 is 23.9 Å². The van der Waals surface area contributed by atoms with E-state index in [9.17, 15) is 18.0 Å². The van der Waals surface area contributed by atoms with Crippen LogP contribution in [-0.2, 0) is 29.1 Å². The number of sulfonamides is 1. The van der Waals surface area contributed by atoms with Gasteiger partial charge in [-0.3, -0.25) is 4.79 Å². The van der Waals surface area contributed by atoms with Crippen molar-refractivity contribution in [3.05, 3.63) is 29.8 Å². The van der Waals surface area contributed by atoms with Crippen molar-refractivity contribution in [3.63, 3.8) is 0 Å². The first-order valence-electron chi connectivity index (χ1n) is 14.2. The first-order valence-corrected chi connectivity index (χ1v) is 15.8. The maximum absolute atomic E-state index is 13.0. The number of ether oxygens (including phenoxy) is 3. The summed E-state index contributed by atoms with van der Waals surface area (Å²) in [4.78, 5) is 31.1. The summed E-state index contributed by atoms with van der Waals surface area (Å²) < 4.78 is 43.2. The van der Waals surface area contributed by atoms with Crippen molar-refractivity contribution in [1.82, 2.24) is 9.21 Å². The summed E-state index contributed by atoms with van der Waals surface area (Å²) in [6.07, 6.45) is 4.03. The van der Waals surface area contributed by atoms with Crippen LogP contribution < -0.4 is 4.74 Å². The Hall–Kier alpha value is -2.86. The summed E-state index contributed by atoms with van der Waals surface area (Å²) in [5, 5.41) is 4.15. The van der Waals surface area contributed by atoms with Gasteiger partial charge in [-0.2, -0.15) is 4.31 Å². The minimum atomic E-state index is -3.64. The van der Waals surface area contributed by atoms with Crippen LogP contribution >= 0.6 is 0 Å². The molecule has 1 aromatic rings. The highest BCUT2D eigenvalue weighted by Crippen LogP contribution is 2.25. The van der Waals surface area contributed by atoms with Gasteiger partial charge in [0, 0.05) is 26.1 Å². The zero-order valence-electron chi connectivity index (χ0n) is 23.9. The number of methoxy groups -OCH3 is 1. The van der Waals surface area contributed by atoms with Crippen LogP contribution in [0.5, 0.6) is 5.75 Å². The van der Waals surface area contributed by atoms with Crippen LogP contribution in [0.3, 0.4) is 0 Å². The van der Waals surface area contributed by atoms with Crippen LogP contribution in [0.4, 0.5) is 4.79 Å². The molecule has 2 aliphatic rings. The number of carbonyl (C=O) groups excluding carboxylic acids is 2. The Morgan fingerprint density at radius 3 is 2.45 bits per heavy atom. The van der Waals surface area contributed by atoms with E-state index in [0.29, 0.717) is 44.4 Å². The van der Waals surface area contributed by atoms with Gasteiger partial charge in [-0.05, 0) is 61.4 Å². The third-order valence-electron chi connectivity index (χ3n) is 7.12. The number of oxime groups is 1. The fourth-order valence-electron chi connectivity index (χ4n) is 4.53. The average Bonchev–Trinajstić information content (AvgIpc) is 3.45. The number of amides is 1. The Morgan fingerprint density at radius 2 is 1.80 bits per heavy atom. The Balaban J connectivity index is 1.49. The topological polar surface area (TPSA) is 124 Å². The number of nitrogens with zero attached hydrogens (tertiary/aromatic N) is 3. The Labute approximate surface area is 237 Å². The maximum Gasteiger partial charge on any atom is 0.409 e. The van der Waals surface area contributed by atoms with Crippen molar-refractivity contribution in [2.45, 2.75) is 71.4 Å². The second-order valence-corrected chi connectivity index (χ2v) is 12.2. The van der Waals surface area contributed by atoms with Crippen molar-refractivity contribution in [2.75, 3.05) is 45.7 Å². The van der Waals surface area contributed by atoms with Crippen LogP contribution in [-0.4, -0.2) is 87.3 Å². The first-order chi connectivity index (χ1) is 19.3. The van der Waals surface area contributed by atoms with Crippen molar-refractivity contribution in [3.8, 4) is 5.75 Å². The summed E-state index contributed by atoms with van der Waals surface area (Å²) in [7, 11) is -2.36. The number of hydrogen-bond acceptors (Lipinski definition) is 9. The fraction of sp³-hybridized carbons (Fsp3) is 0.679. The lowest BCUT2D eigenvalue weighted by Gasteiger charge is -2.31. The fourth-order valence-corrected chi connectivity index (χ4v) is 6.26. The van der Waals surface area contributed by atoms with Gasteiger partial charge in [0.05, 0.1) is 38.2 Å². The molecule has 0 bridgehead atoms. The second kappa shape index (κ2) is 15.8. The highest BCUT2D eigenvalue weighted by Gasteiger charge is 2.36. The number of benzene rings is 1. The predicted molar refractivity (Wildman–Crippen MR) is 151 cm³/mol. The molecular formula is C28H43N3O8S. The lowest BCUT2D eigenvalue weighted by atomic mass is 9.98. The van der Waals surface area contributed by atoms with E-state index in [2.05, 4.69) is 16.8 Å². The largest absolute Gasteiger partial charge is 0.493 e. The van der Waals surface area contributed by atoms with E-state index < -0.39 is 22.2 Å². The molecule has 1 aromatic carbocycles. The van der Waals surface area contributed by atoms with Gasteiger partial charge in [-0.1, -0.05) is 31.8 Å². The van der Waals surface area contributed by atoms with Crippen LogP contribution in [0.25, 0.3) is 0 Å². The molecule has 0 radical (unpaired) electrons. The Bertz CT molecular complexity index is 1090. The molecule has 1 atom stereocenters. The minimum absolute atomic E-state index is 0.0199. The molecule has 40 heavy (non-hydrogen) atoms. The molecule has 2 aliphatic heterocycles. The maximum atomic E-state index is 13.0. The summed E-state index contributed by atoms with van der Waals surface area (Å²) in [6, 6.07) is 7.47. The van der Waals surface area contributed by atoms with E-state index >= 15 is 0 Å². The Kier molecular flexibility index (Phi) is 12.5. The standard InChI is InChI=1S/C28H43N3O8S/c1-4-6-18-37-28(33)30-15-12-22(13-16-30)21-38-24-10-8-23(9-11-24)25-20-26(39-29-25)31(17-14-27(32)36-3)40(34,35)19-7-5-2/h8-11,22,26H,4-7,12-21H2,1-3H3. The van der Waals surface area contributed by atoms with Gasteiger partial charge in [-0.25, -0.2) is 13.2 Å². The normalized spacial score (nSPS) is 17.9. The van der Waals surface area contributed by atoms with Gasteiger partial charge in [0.1, 0.15) is 5.75 Å². The van der Waals surface area contributed by atoms with Crippen LogP contribution in [0.15, 0.2) is 29.4 Å². The molecule has 224 valence electrons. The molecule has 3 rings (SSSR count). The van der Waals surface area contributed by atoms with E-state index in [1.807, 2.05) is 31.2 Å². The zero-order chi connectivity index (χ0) is 29.0. The number of esters is 1. The second-order valence-electron chi connectivity index (χ2n) is 10.1. The SMILES string of the molecule is CCCCOC(=O)N1CCC(COc2ccc(C3=NOC(N(CCC(=O)OC)S(=O)(=O)CCCC)C3)cc2)CC1. The molecular weight excluding hydrogens is 538 g/mol. The van der Waals surface area contributed by atoms with Gasteiger partial charge >= 0.3 is 12.1 Å². The molecule has 1 saturated heterocycles. The van der Waals surface area contributed by atoms with Crippen molar-refractivity contribution in [2.24, 2.45) is 11.1 Å². The average molecular weight is 582 g/mol. The molecule has 11 nitrogen and oxygen atoms in total. The van der Waals surface area contributed by atoms with Crippen LogP contribution in [0.1, 0.15) is 70.8 Å². The molecule has 0 spiro atoms. The lowest BCUT2D eigenvalue weighted by Crippen LogP contribution is -2.43. The predicted octanol–water partition coefficient (Wildman–Crippen LogP) is 4.16. The number of unbranched alkanes of at least 4 members (excludes halogenated alkanes) is 2. The Morgan fingerprint density at radius 1 is 1.10 bits per heavy atom. The number of rotatable bonds is 15. The summed E-state index contributed by atoms with van der Waals surface area (Å²) >= 11 is 0. The quantitative estimate of drug-likeness (QED) is 0.223. The van der Waals surface area contributed by atoms with Crippen molar-refractivity contribution >= 4 is 27.8 Å². The molecule has 1 amide bonds. The smallest absolute Gasteiger partial charge is 0.409 e. The van der Waals surface area contributed by atoms with E-state index in [1.165, 1.54) is 11.4 Å². The van der Waals surface area contributed by atoms with E-state index in [-0.39, 0.29) is 31.2 Å². The zero-order valence-corrected chi connectivity index (χ0v) is 24.7. The van der Waals surface area contributed by atoms with Gasteiger partial charge in [-0.15, -0.1) is 0 Å². The number of hydrogen-bond donors (Lipinski definition) is 0. The van der Waals surface area contributed by atoms with Crippen molar-refractivity contribution in [1.29, 1.82) is 0 Å². The number of carbonyl (C=O) groups is 2. The number of piperidine rings is 1. The van der Waals surface area contributed by atoms with Crippen LogP contribution in [0, 0.1) is 5.92 Å². The summed E-state index contributed by atoms with van der Waals surface area (Å²) in [5.41, 5.74) is 1.44. The molecule has 2 heterocycles. The third kappa shape index (κ3) is 9.36. The highest BCUT2D eigenvalue weighted by molar-refractivity contribution is 7.89. The lowest BCUT2D eigenvalue weighted by molar-refractivity contribution is -0.141. The molecule has 1 unspecified atom stereocenters. The number of likely N-dealkylation sites (tertiary alicyclic amines) is 1. The third-order valence-corrected chi connectivity index (χ3v) is 9.06. The molecule has 0 saturated carbocycles. The van der Waals surface area contributed by atoms with Crippen molar-refractivity contribution < 1.29 is 37.1 Å². The van der Waals surface area contributed by atoms with E-state index in [4.69, 9.17) is 14.3 Å². The minimum Gasteiger partial charge on any atom is -0.493 e. The molecule has 0 aliphatic carbocycles. The van der Waals surface area contributed by atoms with Gasteiger partial charge in [0.2, 0.25) is 10.0 Å². The molecule has 1 fully saturated rings. The highest BCUT2D eigenvalue weighted by atomic mass is 32.2.